The van der Waals surface area contributed by atoms with Crippen molar-refractivity contribution in [3.8, 4) is 0 Å². The minimum absolute atomic E-state index is 0.0143. The topological polar surface area (TPSA) is 81.9 Å². The summed E-state index contributed by atoms with van der Waals surface area (Å²) in [7, 11) is 3.48. The predicted molar refractivity (Wildman–Crippen MR) is 84.6 cm³/mol. The lowest BCUT2D eigenvalue weighted by Gasteiger charge is -2.43. The van der Waals surface area contributed by atoms with E-state index in [9.17, 15) is 4.79 Å². The van der Waals surface area contributed by atoms with Crippen LogP contribution in [0.2, 0.25) is 0 Å². The zero-order valence-electron chi connectivity index (χ0n) is 13.9. The summed E-state index contributed by atoms with van der Waals surface area (Å²) in [6, 6.07) is 5.36. The smallest absolute Gasteiger partial charge is 0.273 e. The Morgan fingerprint density at radius 1 is 1.33 bits per heavy atom. The highest BCUT2D eigenvalue weighted by molar-refractivity contribution is 5.93. The van der Waals surface area contributed by atoms with E-state index in [-0.39, 0.29) is 23.7 Å². The number of hydrogen-bond donors (Lipinski definition) is 0. The van der Waals surface area contributed by atoms with Crippen molar-refractivity contribution in [1.82, 2.24) is 24.9 Å². The minimum atomic E-state index is -0.265. The molecule has 1 amide bonds. The van der Waals surface area contributed by atoms with Gasteiger partial charge in [-0.25, -0.2) is 0 Å². The molecular formula is C16H21N5O3. The van der Waals surface area contributed by atoms with Crippen LogP contribution in [-0.4, -0.2) is 69.4 Å². The summed E-state index contributed by atoms with van der Waals surface area (Å²) in [5.74, 6) is -0.0615. The Morgan fingerprint density at radius 2 is 2.21 bits per heavy atom. The normalized spacial score (nSPS) is 29.8. The van der Waals surface area contributed by atoms with Crippen molar-refractivity contribution in [2.24, 2.45) is 0 Å². The first-order valence-corrected chi connectivity index (χ1v) is 8.24. The van der Waals surface area contributed by atoms with Crippen LogP contribution in [0, 0.1) is 0 Å². The SMILES string of the molecule is CO[C@H]1CC[C@@]2(OC)CCN(C(=O)c3cccc4nnnn34)[C@H]2C1. The summed E-state index contributed by atoms with van der Waals surface area (Å²) >= 11 is 0. The number of rotatable bonds is 3. The van der Waals surface area contributed by atoms with Gasteiger partial charge in [0.15, 0.2) is 5.65 Å². The maximum atomic E-state index is 13.2. The summed E-state index contributed by atoms with van der Waals surface area (Å²) in [4.78, 5) is 15.1. The molecule has 3 atom stereocenters. The fourth-order valence-corrected chi connectivity index (χ4v) is 4.19. The fraction of sp³-hybridized carbons (Fsp3) is 0.625. The molecule has 128 valence electrons. The van der Waals surface area contributed by atoms with Gasteiger partial charge in [-0.05, 0) is 48.2 Å². The van der Waals surface area contributed by atoms with Crippen molar-refractivity contribution < 1.29 is 14.3 Å². The molecular weight excluding hydrogens is 310 g/mol. The van der Waals surface area contributed by atoms with Crippen LogP contribution in [0.1, 0.15) is 36.2 Å². The van der Waals surface area contributed by atoms with Crippen LogP contribution in [0.25, 0.3) is 5.65 Å². The second-order valence-electron chi connectivity index (χ2n) is 6.53. The van der Waals surface area contributed by atoms with E-state index in [1.54, 1.807) is 32.4 Å². The number of methoxy groups -OCH3 is 2. The molecule has 2 aliphatic rings. The Balaban J connectivity index is 1.68. The van der Waals surface area contributed by atoms with Crippen LogP contribution in [0.15, 0.2) is 18.2 Å². The van der Waals surface area contributed by atoms with Gasteiger partial charge < -0.3 is 14.4 Å². The predicted octanol–water partition coefficient (Wildman–Crippen LogP) is 0.923. The third-order valence-electron chi connectivity index (χ3n) is 5.58. The molecule has 0 radical (unpaired) electrons. The van der Waals surface area contributed by atoms with E-state index >= 15 is 0 Å². The quantitative estimate of drug-likeness (QED) is 0.832. The van der Waals surface area contributed by atoms with Crippen molar-refractivity contribution in [3.63, 3.8) is 0 Å². The zero-order valence-corrected chi connectivity index (χ0v) is 13.9. The monoisotopic (exact) mass is 331 g/mol. The molecule has 1 aliphatic carbocycles. The van der Waals surface area contributed by atoms with E-state index in [4.69, 9.17) is 9.47 Å². The van der Waals surface area contributed by atoms with Gasteiger partial charge in [-0.15, -0.1) is 5.10 Å². The highest BCUT2D eigenvalue weighted by atomic mass is 16.5. The lowest BCUT2D eigenvalue weighted by atomic mass is 9.79. The van der Waals surface area contributed by atoms with E-state index in [1.807, 2.05) is 4.90 Å². The summed E-state index contributed by atoms with van der Waals surface area (Å²) in [6.07, 6.45) is 3.68. The van der Waals surface area contributed by atoms with Crippen molar-refractivity contribution in [1.29, 1.82) is 0 Å². The molecule has 4 rings (SSSR count). The molecule has 8 heteroatoms. The average molecular weight is 331 g/mol. The molecule has 3 heterocycles. The molecule has 2 fully saturated rings. The van der Waals surface area contributed by atoms with Crippen LogP contribution in [-0.2, 0) is 9.47 Å². The van der Waals surface area contributed by atoms with Crippen LogP contribution in [0.5, 0.6) is 0 Å². The van der Waals surface area contributed by atoms with E-state index < -0.39 is 0 Å². The lowest BCUT2D eigenvalue weighted by Crippen LogP contribution is -2.53. The van der Waals surface area contributed by atoms with Gasteiger partial charge in [0.2, 0.25) is 0 Å². The molecule has 1 saturated heterocycles. The molecule has 2 aromatic heterocycles. The zero-order chi connectivity index (χ0) is 16.7. The number of carbonyl (C=O) groups is 1. The molecule has 24 heavy (non-hydrogen) atoms. The number of amides is 1. The third-order valence-corrected chi connectivity index (χ3v) is 5.58. The molecule has 8 nitrogen and oxygen atoms in total. The lowest BCUT2D eigenvalue weighted by molar-refractivity contribution is -0.0894. The van der Waals surface area contributed by atoms with Gasteiger partial charge >= 0.3 is 0 Å². The molecule has 0 N–H and O–H groups in total. The van der Waals surface area contributed by atoms with Gasteiger partial charge in [0.1, 0.15) is 5.69 Å². The Hall–Kier alpha value is -2.06. The molecule has 1 saturated carbocycles. The molecule has 0 unspecified atom stereocenters. The van der Waals surface area contributed by atoms with Crippen LogP contribution >= 0.6 is 0 Å². The maximum Gasteiger partial charge on any atom is 0.273 e. The van der Waals surface area contributed by atoms with E-state index in [1.165, 1.54) is 4.52 Å². The molecule has 2 aromatic rings. The number of ether oxygens (including phenoxy) is 2. The first-order chi connectivity index (χ1) is 11.7. The number of aromatic nitrogens is 4. The summed E-state index contributed by atoms with van der Waals surface area (Å²) in [5.41, 5.74) is 0.777. The van der Waals surface area contributed by atoms with Crippen molar-refractivity contribution in [3.05, 3.63) is 23.9 Å². The second-order valence-corrected chi connectivity index (χ2v) is 6.53. The number of tetrazole rings is 1. The Morgan fingerprint density at radius 3 is 3.00 bits per heavy atom. The van der Waals surface area contributed by atoms with Crippen LogP contribution in [0.3, 0.4) is 0 Å². The summed E-state index contributed by atoms with van der Waals surface area (Å²) in [5, 5.41) is 11.5. The maximum absolute atomic E-state index is 13.2. The summed E-state index contributed by atoms with van der Waals surface area (Å²) in [6.45, 7) is 0.673. The van der Waals surface area contributed by atoms with Crippen molar-refractivity contribution in [2.45, 2.75) is 43.4 Å². The first-order valence-electron chi connectivity index (χ1n) is 8.24. The minimum Gasteiger partial charge on any atom is -0.381 e. The Kier molecular flexibility index (Phi) is 3.73. The number of likely N-dealkylation sites (tertiary alicyclic amines) is 1. The molecule has 1 aliphatic heterocycles. The van der Waals surface area contributed by atoms with Gasteiger partial charge in [-0.3, -0.25) is 4.79 Å². The van der Waals surface area contributed by atoms with E-state index in [2.05, 4.69) is 15.5 Å². The Labute approximate surface area is 139 Å². The highest BCUT2D eigenvalue weighted by Gasteiger charge is 2.52. The van der Waals surface area contributed by atoms with E-state index in [0.717, 1.165) is 25.7 Å². The third kappa shape index (κ3) is 2.21. The molecule has 0 bridgehead atoms. The average Bonchev–Trinajstić information content (AvgIpc) is 3.25. The van der Waals surface area contributed by atoms with Crippen LogP contribution < -0.4 is 0 Å². The summed E-state index contributed by atoms with van der Waals surface area (Å²) < 4.78 is 12.9. The number of hydrogen-bond acceptors (Lipinski definition) is 6. The van der Waals surface area contributed by atoms with Gasteiger partial charge in [0, 0.05) is 20.8 Å². The fourth-order valence-electron chi connectivity index (χ4n) is 4.19. The van der Waals surface area contributed by atoms with E-state index in [0.29, 0.717) is 17.9 Å². The molecule has 0 spiro atoms. The van der Waals surface area contributed by atoms with Gasteiger partial charge in [0.05, 0.1) is 17.7 Å². The van der Waals surface area contributed by atoms with Gasteiger partial charge in [-0.2, -0.15) is 4.52 Å². The number of fused-ring (bicyclic) bond motifs is 2. The van der Waals surface area contributed by atoms with Gasteiger partial charge in [0.25, 0.3) is 5.91 Å². The standard InChI is InChI=1S/C16H21N5O3/c1-23-11-6-7-16(24-2)8-9-20(13(16)10-11)15(22)12-4-3-5-14-17-18-19-21(12)14/h3-5,11,13H,6-10H2,1-2H3/t11-,13-,16+/m0/s1. The van der Waals surface area contributed by atoms with Crippen LogP contribution in [0.4, 0.5) is 0 Å². The molecule has 0 aromatic carbocycles. The van der Waals surface area contributed by atoms with Crippen molar-refractivity contribution in [2.75, 3.05) is 20.8 Å². The Bertz CT molecular complexity index is 763. The van der Waals surface area contributed by atoms with Gasteiger partial charge in [-0.1, -0.05) is 6.07 Å². The first kappa shape index (κ1) is 15.5. The largest absolute Gasteiger partial charge is 0.381 e. The van der Waals surface area contributed by atoms with Crippen molar-refractivity contribution >= 4 is 11.6 Å². The number of nitrogens with zero attached hydrogens (tertiary/aromatic N) is 5. The highest BCUT2D eigenvalue weighted by Crippen LogP contribution is 2.43. The number of pyridine rings is 1. The second kappa shape index (κ2) is 5.78. The number of carbonyl (C=O) groups excluding carboxylic acids is 1.